The van der Waals surface area contributed by atoms with E-state index in [2.05, 4.69) is 16.7 Å². The molecule has 1 unspecified atom stereocenters. The fourth-order valence-corrected chi connectivity index (χ4v) is 2.34. The lowest BCUT2D eigenvalue weighted by Gasteiger charge is -2.37. The number of halogens is 1. The molecule has 2 rings (SSSR count). The normalized spacial score (nSPS) is 18.9. The van der Waals surface area contributed by atoms with Crippen LogP contribution in [0, 0.1) is 5.82 Å². The van der Waals surface area contributed by atoms with E-state index in [9.17, 15) is 4.39 Å². The Labute approximate surface area is 108 Å². The van der Waals surface area contributed by atoms with Gasteiger partial charge in [0.2, 0.25) is 0 Å². The Bertz CT molecular complexity index is 375. The van der Waals surface area contributed by atoms with E-state index in [1.54, 1.807) is 6.07 Å². The van der Waals surface area contributed by atoms with Crippen LogP contribution in [0.3, 0.4) is 0 Å². The van der Waals surface area contributed by atoms with Crippen molar-refractivity contribution >= 4 is 5.69 Å². The number of rotatable bonds is 4. The minimum absolute atomic E-state index is 0.129. The zero-order chi connectivity index (χ0) is 13.0. The minimum atomic E-state index is -0.129. The molecule has 1 fully saturated rings. The quantitative estimate of drug-likeness (QED) is 0.884. The molecule has 0 aromatic heterocycles. The van der Waals surface area contributed by atoms with Gasteiger partial charge in [0.05, 0.1) is 5.69 Å². The first-order chi connectivity index (χ1) is 8.70. The van der Waals surface area contributed by atoms with Crippen LogP contribution in [-0.2, 0) is 0 Å². The fraction of sp³-hybridized carbons (Fsp3) is 0.571. The summed E-state index contributed by atoms with van der Waals surface area (Å²) in [5, 5.41) is 0. The predicted octanol–water partition coefficient (Wildman–Crippen LogP) is 1.68. The fourth-order valence-electron chi connectivity index (χ4n) is 2.34. The average molecular weight is 251 g/mol. The number of para-hydroxylation sites is 1. The summed E-state index contributed by atoms with van der Waals surface area (Å²) in [6.07, 6.45) is 1.01. The number of hydrogen-bond donors (Lipinski definition) is 1. The number of piperazine rings is 1. The van der Waals surface area contributed by atoms with Crippen LogP contribution in [0.1, 0.15) is 13.3 Å². The van der Waals surface area contributed by atoms with E-state index in [0.29, 0.717) is 0 Å². The van der Waals surface area contributed by atoms with Gasteiger partial charge < -0.3 is 10.6 Å². The Morgan fingerprint density at radius 3 is 2.50 bits per heavy atom. The number of hydrogen-bond acceptors (Lipinski definition) is 3. The van der Waals surface area contributed by atoms with Crippen molar-refractivity contribution in [2.24, 2.45) is 5.73 Å². The highest BCUT2D eigenvalue weighted by molar-refractivity contribution is 5.47. The van der Waals surface area contributed by atoms with Crippen LogP contribution in [0.2, 0.25) is 0 Å². The summed E-state index contributed by atoms with van der Waals surface area (Å²) in [6.45, 7) is 6.72. The first-order valence-corrected chi connectivity index (χ1v) is 6.68. The van der Waals surface area contributed by atoms with Gasteiger partial charge in [-0.2, -0.15) is 0 Å². The maximum Gasteiger partial charge on any atom is 0.146 e. The highest BCUT2D eigenvalue weighted by Crippen LogP contribution is 2.20. The van der Waals surface area contributed by atoms with Crippen LogP contribution >= 0.6 is 0 Å². The van der Waals surface area contributed by atoms with Gasteiger partial charge in [0.1, 0.15) is 5.82 Å². The monoisotopic (exact) mass is 251 g/mol. The Hall–Kier alpha value is -1.13. The molecule has 0 bridgehead atoms. The third-order valence-corrected chi connectivity index (χ3v) is 3.58. The van der Waals surface area contributed by atoms with Gasteiger partial charge in [0, 0.05) is 38.8 Å². The van der Waals surface area contributed by atoms with E-state index in [-0.39, 0.29) is 11.9 Å². The van der Waals surface area contributed by atoms with Crippen molar-refractivity contribution in [3.63, 3.8) is 0 Å². The molecule has 3 nitrogen and oxygen atoms in total. The predicted molar refractivity (Wildman–Crippen MR) is 73.3 cm³/mol. The van der Waals surface area contributed by atoms with Crippen molar-refractivity contribution in [3.8, 4) is 0 Å². The molecule has 0 aliphatic carbocycles. The molecule has 1 heterocycles. The van der Waals surface area contributed by atoms with E-state index >= 15 is 0 Å². The summed E-state index contributed by atoms with van der Waals surface area (Å²) < 4.78 is 13.7. The first-order valence-electron chi connectivity index (χ1n) is 6.68. The average Bonchev–Trinajstić information content (AvgIpc) is 2.40. The zero-order valence-electron chi connectivity index (χ0n) is 11.0. The summed E-state index contributed by atoms with van der Waals surface area (Å²) in [6, 6.07) is 7.25. The van der Waals surface area contributed by atoms with Gasteiger partial charge in [0.25, 0.3) is 0 Å². The molecule has 0 saturated carbocycles. The second-order valence-electron chi connectivity index (χ2n) is 4.91. The van der Waals surface area contributed by atoms with E-state index < -0.39 is 0 Å². The Kier molecular flexibility index (Phi) is 4.55. The van der Waals surface area contributed by atoms with Crippen molar-refractivity contribution in [1.82, 2.24) is 4.90 Å². The zero-order valence-corrected chi connectivity index (χ0v) is 11.0. The van der Waals surface area contributed by atoms with Crippen molar-refractivity contribution < 1.29 is 4.39 Å². The van der Waals surface area contributed by atoms with Crippen LogP contribution in [0.5, 0.6) is 0 Å². The molecule has 1 aromatic rings. The minimum Gasteiger partial charge on any atom is -0.367 e. The molecule has 1 aromatic carbocycles. The molecule has 1 aliphatic heterocycles. The Balaban J connectivity index is 1.89. The summed E-state index contributed by atoms with van der Waals surface area (Å²) >= 11 is 0. The number of benzene rings is 1. The molecule has 1 aliphatic rings. The molecule has 0 spiro atoms. The third kappa shape index (κ3) is 3.21. The van der Waals surface area contributed by atoms with Crippen LogP contribution < -0.4 is 10.6 Å². The maximum absolute atomic E-state index is 13.7. The number of anilines is 1. The van der Waals surface area contributed by atoms with Crippen LogP contribution in [-0.4, -0.2) is 43.7 Å². The SMILES string of the molecule is CCC(N)CN1CCN(c2ccccc2F)CC1. The van der Waals surface area contributed by atoms with E-state index in [1.165, 1.54) is 6.07 Å². The van der Waals surface area contributed by atoms with Gasteiger partial charge in [-0.15, -0.1) is 0 Å². The molecular formula is C14H22FN3. The maximum atomic E-state index is 13.7. The standard InChI is InChI=1S/C14H22FN3/c1-2-12(16)11-17-7-9-18(10-8-17)14-6-4-3-5-13(14)15/h3-6,12H,2,7-11,16H2,1H3. The Morgan fingerprint density at radius 2 is 1.89 bits per heavy atom. The summed E-state index contributed by atoms with van der Waals surface area (Å²) in [5.74, 6) is -0.129. The van der Waals surface area contributed by atoms with Crippen molar-refractivity contribution in [2.75, 3.05) is 37.6 Å². The summed E-state index contributed by atoms with van der Waals surface area (Å²) in [7, 11) is 0. The van der Waals surface area contributed by atoms with Gasteiger partial charge in [-0.05, 0) is 18.6 Å². The van der Waals surface area contributed by atoms with Crippen LogP contribution in [0.4, 0.5) is 10.1 Å². The lowest BCUT2D eigenvalue weighted by molar-refractivity contribution is 0.240. The highest BCUT2D eigenvalue weighted by Gasteiger charge is 2.19. The molecule has 1 atom stereocenters. The smallest absolute Gasteiger partial charge is 0.146 e. The lowest BCUT2D eigenvalue weighted by atomic mass is 10.2. The lowest BCUT2D eigenvalue weighted by Crippen LogP contribution is -2.50. The van der Waals surface area contributed by atoms with Gasteiger partial charge >= 0.3 is 0 Å². The second kappa shape index (κ2) is 6.16. The van der Waals surface area contributed by atoms with Crippen LogP contribution in [0.15, 0.2) is 24.3 Å². The highest BCUT2D eigenvalue weighted by atomic mass is 19.1. The van der Waals surface area contributed by atoms with Crippen LogP contribution in [0.25, 0.3) is 0 Å². The van der Waals surface area contributed by atoms with E-state index in [0.717, 1.165) is 44.8 Å². The molecular weight excluding hydrogens is 229 g/mol. The van der Waals surface area contributed by atoms with E-state index in [4.69, 9.17) is 5.73 Å². The third-order valence-electron chi connectivity index (χ3n) is 3.58. The van der Waals surface area contributed by atoms with Crippen molar-refractivity contribution in [3.05, 3.63) is 30.1 Å². The number of nitrogens with zero attached hydrogens (tertiary/aromatic N) is 2. The molecule has 18 heavy (non-hydrogen) atoms. The van der Waals surface area contributed by atoms with Gasteiger partial charge in [-0.3, -0.25) is 4.90 Å². The molecule has 0 radical (unpaired) electrons. The molecule has 1 saturated heterocycles. The molecule has 100 valence electrons. The van der Waals surface area contributed by atoms with E-state index in [1.807, 2.05) is 12.1 Å². The summed E-state index contributed by atoms with van der Waals surface area (Å²) in [4.78, 5) is 4.48. The molecule has 0 amide bonds. The summed E-state index contributed by atoms with van der Waals surface area (Å²) in [5.41, 5.74) is 6.68. The molecule has 4 heteroatoms. The van der Waals surface area contributed by atoms with Gasteiger partial charge in [-0.1, -0.05) is 19.1 Å². The topological polar surface area (TPSA) is 32.5 Å². The molecule has 2 N–H and O–H groups in total. The first kappa shape index (κ1) is 13.3. The van der Waals surface area contributed by atoms with Gasteiger partial charge in [-0.25, -0.2) is 4.39 Å². The Morgan fingerprint density at radius 1 is 1.22 bits per heavy atom. The number of nitrogens with two attached hydrogens (primary N) is 1. The van der Waals surface area contributed by atoms with Gasteiger partial charge in [0.15, 0.2) is 0 Å². The van der Waals surface area contributed by atoms with Crippen molar-refractivity contribution in [1.29, 1.82) is 0 Å². The van der Waals surface area contributed by atoms with Crippen molar-refractivity contribution in [2.45, 2.75) is 19.4 Å². The largest absolute Gasteiger partial charge is 0.367 e. The second-order valence-corrected chi connectivity index (χ2v) is 4.91.